The minimum Gasteiger partial charge on any atom is -0.299 e. The Kier molecular flexibility index (Phi) is 6.18. The van der Waals surface area contributed by atoms with Gasteiger partial charge in [0.1, 0.15) is 0 Å². The first-order valence-electron chi connectivity index (χ1n) is 8.04. The highest BCUT2D eigenvalue weighted by atomic mass is 79.9. The van der Waals surface area contributed by atoms with Crippen LogP contribution in [0.3, 0.4) is 0 Å². The summed E-state index contributed by atoms with van der Waals surface area (Å²) in [4.78, 5) is 15.6. The predicted octanol–water partition coefficient (Wildman–Crippen LogP) is 3.87. The molecule has 1 amide bonds. The van der Waals surface area contributed by atoms with Crippen molar-refractivity contribution in [2.24, 2.45) is 11.0 Å². The van der Waals surface area contributed by atoms with Crippen LogP contribution in [-0.4, -0.2) is 30.1 Å². The third-order valence-electron chi connectivity index (χ3n) is 4.19. The molecule has 1 saturated heterocycles. The molecule has 2 heterocycles. The number of carbonyl (C=O) groups excluding carboxylic acids is 1. The lowest BCUT2D eigenvalue weighted by atomic mass is 9.96. The van der Waals surface area contributed by atoms with Crippen LogP contribution in [-0.2, 0) is 11.3 Å². The monoisotopic (exact) mass is 405 g/mol. The Bertz CT molecular complexity index is 677. The number of nitrogens with zero attached hydrogens (tertiary/aromatic N) is 2. The lowest BCUT2D eigenvalue weighted by molar-refractivity contribution is -0.126. The van der Waals surface area contributed by atoms with Gasteiger partial charge in [-0.2, -0.15) is 5.10 Å². The molecule has 1 aromatic carbocycles. The molecule has 0 atom stereocenters. The van der Waals surface area contributed by atoms with Crippen molar-refractivity contribution in [3.63, 3.8) is 0 Å². The Morgan fingerprint density at radius 3 is 2.71 bits per heavy atom. The Morgan fingerprint density at radius 1 is 1.29 bits per heavy atom. The third-order valence-corrected chi connectivity index (χ3v) is 5.52. The van der Waals surface area contributed by atoms with E-state index in [-0.39, 0.29) is 11.8 Å². The SMILES string of the molecule is O=C(N/N=C\c1cccs1)C1CCN(Cc2ccc(Br)cc2)CC1. The first kappa shape index (κ1) is 17.3. The molecular formula is C18H20BrN3OS. The largest absolute Gasteiger partial charge is 0.299 e. The van der Waals surface area contributed by atoms with Gasteiger partial charge in [-0.05, 0) is 55.1 Å². The lowest BCUT2D eigenvalue weighted by Gasteiger charge is -2.30. The Balaban J connectivity index is 1.42. The van der Waals surface area contributed by atoms with E-state index in [1.165, 1.54) is 5.56 Å². The van der Waals surface area contributed by atoms with Gasteiger partial charge in [-0.1, -0.05) is 34.1 Å². The van der Waals surface area contributed by atoms with Gasteiger partial charge in [0.25, 0.3) is 0 Å². The Labute approximate surface area is 154 Å². The maximum absolute atomic E-state index is 12.2. The fourth-order valence-corrected chi connectivity index (χ4v) is 3.67. The van der Waals surface area contributed by atoms with Crippen molar-refractivity contribution >= 4 is 39.4 Å². The molecule has 1 aliphatic rings. The average Bonchev–Trinajstić information content (AvgIpc) is 3.11. The molecule has 4 nitrogen and oxygen atoms in total. The number of rotatable bonds is 5. The van der Waals surface area contributed by atoms with E-state index in [1.54, 1.807) is 17.6 Å². The summed E-state index contributed by atoms with van der Waals surface area (Å²) in [6.45, 7) is 2.84. The van der Waals surface area contributed by atoms with Crippen molar-refractivity contribution in [2.75, 3.05) is 13.1 Å². The molecule has 0 spiro atoms. The quantitative estimate of drug-likeness (QED) is 0.605. The summed E-state index contributed by atoms with van der Waals surface area (Å²) in [6.07, 6.45) is 3.47. The number of nitrogens with one attached hydrogen (secondary N) is 1. The highest BCUT2D eigenvalue weighted by molar-refractivity contribution is 9.10. The van der Waals surface area contributed by atoms with E-state index in [2.05, 4.69) is 55.6 Å². The second kappa shape index (κ2) is 8.55. The molecule has 1 N–H and O–H groups in total. The summed E-state index contributed by atoms with van der Waals surface area (Å²) in [6, 6.07) is 12.4. The number of hydrazone groups is 1. The van der Waals surface area contributed by atoms with Gasteiger partial charge in [0, 0.05) is 21.8 Å². The van der Waals surface area contributed by atoms with Gasteiger partial charge < -0.3 is 0 Å². The fraction of sp³-hybridized carbons (Fsp3) is 0.333. The molecule has 6 heteroatoms. The molecule has 3 rings (SSSR count). The number of piperidine rings is 1. The van der Waals surface area contributed by atoms with Crippen LogP contribution in [0, 0.1) is 5.92 Å². The number of amides is 1. The number of likely N-dealkylation sites (tertiary alicyclic amines) is 1. The van der Waals surface area contributed by atoms with Gasteiger partial charge in [-0.3, -0.25) is 9.69 Å². The predicted molar refractivity (Wildman–Crippen MR) is 102 cm³/mol. The maximum atomic E-state index is 12.2. The Morgan fingerprint density at radius 2 is 2.04 bits per heavy atom. The molecule has 24 heavy (non-hydrogen) atoms. The van der Waals surface area contributed by atoms with Crippen LogP contribution in [0.2, 0.25) is 0 Å². The van der Waals surface area contributed by atoms with Gasteiger partial charge in [-0.15, -0.1) is 11.3 Å². The number of carbonyl (C=O) groups is 1. The number of thiophene rings is 1. The fourth-order valence-electron chi connectivity index (χ4n) is 2.82. The molecule has 1 aromatic heterocycles. The molecule has 0 aliphatic carbocycles. The zero-order chi connectivity index (χ0) is 16.8. The highest BCUT2D eigenvalue weighted by Gasteiger charge is 2.24. The number of hydrogen-bond acceptors (Lipinski definition) is 4. The second-order valence-corrected chi connectivity index (χ2v) is 7.82. The first-order chi connectivity index (χ1) is 11.7. The summed E-state index contributed by atoms with van der Waals surface area (Å²) in [5.74, 6) is 0.0951. The van der Waals surface area contributed by atoms with E-state index >= 15 is 0 Å². The zero-order valence-corrected chi connectivity index (χ0v) is 15.7. The van der Waals surface area contributed by atoms with Crippen molar-refractivity contribution in [3.05, 3.63) is 56.7 Å². The van der Waals surface area contributed by atoms with Crippen molar-refractivity contribution in [2.45, 2.75) is 19.4 Å². The van der Waals surface area contributed by atoms with Crippen molar-refractivity contribution in [1.82, 2.24) is 10.3 Å². The number of hydrogen-bond donors (Lipinski definition) is 1. The summed E-state index contributed by atoms with van der Waals surface area (Å²) in [5, 5.41) is 6.04. The van der Waals surface area contributed by atoms with E-state index in [1.807, 2.05) is 17.5 Å². The molecule has 0 bridgehead atoms. The molecule has 126 valence electrons. The Hall–Kier alpha value is -1.50. The van der Waals surface area contributed by atoms with E-state index in [4.69, 9.17) is 0 Å². The van der Waals surface area contributed by atoms with Crippen LogP contribution >= 0.6 is 27.3 Å². The van der Waals surface area contributed by atoms with Crippen LogP contribution in [0.4, 0.5) is 0 Å². The summed E-state index contributed by atoms with van der Waals surface area (Å²) in [7, 11) is 0. The standard InChI is InChI=1S/C18H20BrN3OS/c19-16-5-3-14(4-6-16)13-22-9-7-15(8-10-22)18(23)21-20-12-17-2-1-11-24-17/h1-6,11-12,15H,7-10,13H2,(H,21,23)/b20-12-. The summed E-state index contributed by atoms with van der Waals surface area (Å²) in [5.41, 5.74) is 3.98. The summed E-state index contributed by atoms with van der Waals surface area (Å²) < 4.78 is 1.10. The van der Waals surface area contributed by atoms with Crippen LogP contribution in [0.15, 0.2) is 51.4 Å². The molecule has 2 aromatic rings. The lowest BCUT2D eigenvalue weighted by Crippen LogP contribution is -2.39. The van der Waals surface area contributed by atoms with Gasteiger partial charge in [0.15, 0.2) is 0 Å². The van der Waals surface area contributed by atoms with Gasteiger partial charge in [0.05, 0.1) is 6.21 Å². The molecule has 1 aliphatic heterocycles. The zero-order valence-electron chi connectivity index (χ0n) is 13.3. The van der Waals surface area contributed by atoms with E-state index in [9.17, 15) is 4.79 Å². The molecule has 0 radical (unpaired) electrons. The van der Waals surface area contributed by atoms with Crippen LogP contribution < -0.4 is 5.43 Å². The minimum absolute atomic E-state index is 0.0334. The molecule has 0 saturated carbocycles. The van der Waals surface area contributed by atoms with E-state index < -0.39 is 0 Å². The maximum Gasteiger partial charge on any atom is 0.243 e. The number of halogens is 1. The molecule has 0 unspecified atom stereocenters. The van der Waals surface area contributed by atoms with Crippen LogP contribution in [0.25, 0.3) is 0 Å². The van der Waals surface area contributed by atoms with Gasteiger partial charge >= 0.3 is 0 Å². The summed E-state index contributed by atoms with van der Waals surface area (Å²) >= 11 is 5.06. The van der Waals surface area contributed by atoms with Crippen molar-refractivity contribution in [3.8, 4) is 0 Å². The molecular weight excluding hydrogens is 386 g/mol. The number of benzene rings is 1. The molecule has 1 fully saturated rings. The second-order valence-electron chi connectivity index (χ2n) is 5.93. The highest BCUT2D eigenvalue weighted by Crippen LogP contribution is 2.20. The first-order valence-corrected chi connectivity index (χ1v) is 9.71. The van der Waals surface area contributed by atoms with E-state index in [0.717, 1.165) is 41.8 Å². The van der Waals surface area contributed by atoms with E-state index in [0.29, 0.717) is 0 Å². The van der Waals surface area contributed by atoms with Crippen molar-refractivity contribution in [1.29, 1.82) is 0 Å². The topological polar surface area (TPSA) is 44.7 Å². The third kappa shape index (κ3) is 5.00. The van der Waals surface area contributed by atoms with Crippen LogP contribution in [0.1, 0.15) is 23.3 Å². The minimum atomic E-state index is 0.0334. The average molecular weight is 406 g/mol. The van der Waals surface area contributed by atoms with Gasteiger partial charge in [-0.25, -0.2) is 5.43 Å². The normalized spacial score (nSPS) is 16.5. The van der Waals surface area contributed by atoms with Gasteiger partial charge in [0.2, 0.25) is 5.91 Å². The smallest absolute Gasteiger partial charge is 0.243 e. The van der Waals surface area contributed by atoms with Crippen LogP contribution in [0.5, 0.6) is 0 Å². The van der Waals surface area contributed by atoms with Crippen molar-refractivity contribution < 1.29 is 4.79 Å².